The lowest BCUT2D eigenvalue weighted by molar-refractivity contribution is 0.294. The maximum atomic E-state index is 6.02. The molecule has 0 aliphatic carbocycles. The smallest absolute Gasteiger partial charge is 0.105 e. The molecule has 1 aromatic heterocycles. The molecule has 0 aliphatic heterocycles. The van der Waals surface area contributed by atoms with Gasteiger partial charge in [0.1, 0.15) is 5.76 Å². The van der Waals surface area contributed by atoms with Gasteiger partial charge in [0.2, 0.25) is 0 Å². The zero-order valence-electron chi connectivity index (χ0n) is 10.9. The molecule has 1 unspecified atom stereocenters. The second-order valence-electron chi connectivity index (χ2n) is 4.94. The summed E-state index contributed by atoms with van der Waals surface area (Å²) < 4.78 is 5.28. The van der Waals surface area contributed by atoms with Crippen molar-refractivity contribution in [1.29, 1.82) is 0 Å². The van der Waals surface area contributed by atoms with Crippen LogP contribution in [0.5, 0.6) is 0 Å². The molecule has 1 aromatic rings. The summed E-state index contributed by atoms with van der Waals surface area (Å²) in [7, 11) is 2.12. The highest BCUT2D eigenvalue weighted by Gasteiger charge is 2.10. The Balaban J connectivity index is 2.31. The van der Waals surface area contributed by atoms with Crippen molar-refractivity contribution in [1.82, 2.24) is 4.90 Å². The molecule has 0 saturated carbocycles. The van der Waals surface area contributed by atoms with Gasteiger partial charge in [-0.05, 0) is 38.9 Å². The van der Waals surface area contributed by atoms with Crippen molar-refractivity contribution in [2.75, 3.05) is 13.6 Å². The molecule has 2 N–H and O–H groups in total. The van der Waals surface area contributed by atoms with Crippen LogP contribution < -0.4 is 5.73 Å². The Bertz CT molecular complexity index is 307. The molecule has 1 heterocycles. The third-order valence-electron chi connectivity index (χ3n) is 3.11. The van der Waals surface area contributed by atoms with Crippen LogP contribution in [0.3, 0.4) is 0 Å². The van der Waals surface area contributed by atoms with Crippen LogP contribution >= 0.6 is 0 Å². The largest absolute Gasteiger partial charge is 0.469 e. The van der Waals surface area contributed by atoms with Crippen LogP contribution in [0.15, 0.2) is 16.7 Å². The van der Waals surface area contributed by atoms with E-state index in [-0.39, 0.29) is 0 Å². The highest BCUT2D eigenvalue weighted by atomic mass is 16.3. The van der Waals surface area contributed by atoms with Crippen LogP contribution in [0, 0.1) is 12.8 Å². The first-order valence-corrected chi connectivity index (χ1v) is 5.97. The van der Waals surface area contributed by atoms with Gasteiger partial charge in [-0.15, -0.1) is 0 Å². The molecule has 1 rings (SSSR count). The van der Waals surface area contributed by atoms with Crippen molar-refractivity contribution in [3.05, 3.63) is 23.7 Å². The summed E-state index contributed by atoms with van der Waals surface area (Å²) in [5.41, 5.74) is 7.29. The van der Waals surface area contributed by atoms with Crippen LogP contribution in [0.2, 0.25) is 0 Å². The molecule has 0 aromatic carbocycles. The fraction of sp³-hybridized carbons (Fsp3) is 0.692. The fourth-order valence-electron chi connectivity index (χ4n) is 1.65. The first kappa shape index (κ1) is 13.3. The van der Waals surface area contributed by atoms with Crippen LogP contribution in [0.1, 0.15) is 31.6 Å². The zero-order chi connectivity index (χ0) is 12.1. The molecule has 0 spiro atoms. The lowest BCUT2D eigenvalue weighted by Gasteiger charge is -2.21. The molecule has 0 fully saturated rings. The molecule has 1 atom stereocenters. The number of aryl methyl sites for hydroxylation is 1. The highest BCUT2D eigenvalue weighted by molar-refractivity contribution is 5.14. The molecule has 3 nitrogen and oxygen atoms in total. The zero-order valence-corrected chi connectivity index (χ0v) is 10.9. The molecule has 92 valence electrons. The topological polar surface area (TPSA) is 42.4 Å². The molecular formula is C13H24N2O. The van der Waals surface area contributed by atoms with Crippen LogP contribution in [-0.2, 0) is 6.54 Å². The number of hydrogen-bond donors (Lipinski definition) is 1. The van der Waals surface area contributed by atoms with E-state index < -0.39 is 0 Å². The number of rotatable bonds is 6. The van der Waals surface area contributed by atoms with Gasteiger partial charge in [-0.3, -0.25) is 0 Å². The SMILES string of the molecule is Cc1occc1CN(C)CCC(N)C(C)C. The molecule has 0 saturated heterocycles. The van der Waals surface area contributed by atoms with Crippen LogP contribution in [0.25, 0.3) is 0 Å². The molecule has 0 aliphatic rings. The van der Waals surface area contributed by atoms with Gasteiger partial charge in [0.25, 0.3) is 0 Å². The monoisotopic (exact) mass is 224 g/mol. The van der Waals surface area contributed by atoms with E-state index in [1.165, 1.54) is 5.56 Å². The summed E-state index contributed by atoms with van der Waals surface area (Å²) in [5.74, 6) is 1.57. The van der Waals surface area contributed by atoms with E-state index in [9.17, 15) is 0 Å². The minimum absolute atomic E-state index is 0.299. The summed E-state index contributed by atoms with van der Waals surface area (Å²) in [6, 6.07) is 2.33. The Morgan fingerprint density at radius 3 is 2.62 bits per heavy atom. The van der Waals surface area contributed by atoms with Gasteiger partial charge in [0.15, 0.2) is 0 Å². The normalized spacial score (nSPS) is 13.7. The van der Waals surface area contributed by atoms with Crippen LogP contribution in [-0.4, -0.2) is 24.5 Å². The average molecular weight is 224 g/mol. The van der Waals surface area contributed by atoms with E-state index >= 15 is 0 Å². The number of furan rings is 1. The van der Waals surface area contributed by atoms with Crippen molar-refractivity contribution in [3.8, 4) is 0 Å². The molecule has 0 amide bonds. The average Bonchev–Trinajstić information content (AvgIpc) is 2.60. The first-order valence-electron chi connectivity index (χ1n) is 5.97. The van der Waals surface area contributed by atoms with Crippen LogP contribution in [0.4, 0.5) is 0 Å². The highest BCUT2D eigenvalue weighted by Crippen LogP contribution is 2.12. The summed E-state index contributed by atoms with van der Waals surface area (Å²) >= 11 is 0. The van der Waals surface area contributed by atoms with E-state index in [1.54, 1.807) is 6.26 Å². The van der Waals surface area contributed by atoms with E-state index in [1.807, 2.05) is 13.0 Å². The fourth-order valence-corrected chi connectivity index (χ4v) is 1.65. The molecular weight excluding hydrogens is 200 g/mol. The Kier molecular flexibility index (Phi) is 5.03. The quantitative estimate of drug-likeness (QED) is 0.806. The third kappa shape index (κ3) is 3.99. The van der Waals surface area contributed by atoms with Gasteiger partial charge in [-0.1, -0.05) is 13.8 Å². The van der Waals surface area contributed by atoms with E-state index in [2.05, 4.69) is 25.8 Å². The Morgan fingerprint density at radius 1 is 1.44 bits per heavy atom. The second kappa shape index (κ2) is 6.06. The number of nitrogens with two attached hydrogens (primary N) is 1. The van der Waals surface area contributed by atoms with Crippen molar-refractivity contribution >= 4 is 0 Å². The summed E-state index contributed by atoms with van der Waals surface area (Å²) in [6.45, 7) is 8.32. The maximum Gasteiger partial charge on any atom is 0.105 e. The summed E-state index contributed by atoms with van der Waals surface area (Å²) in [4.78, 5) is 2.29. The summed E-state index contributed by atoms with van der Waals surface area (Å²) in [5, 5.41) is 0. The van der Waals surface area contributed by atoms with Gasteiger partial charge in [0, 0.05) is 18.2 Å². The minimum Gasteiger partial charge on any atom is -0.469 e. The number of hydrogen-bond acceptors (Lipinski definition) is 3. The minimum atomic E-state index is 0.299. The van der Waals surface area contributed by atoms with Gasteiger partial charge < -0.3 is 15.1 Å². The van der Waals surface area contributed by atoms with Crippen molar-refractivity contribution < 1.29 is 4.42 Å². The molecule has 0 radical (unpaired) electrons. The molecule has 3 heteroatoms. The third-order valence-corrected chi connectivity index (χ3v) is 3.11. The second-order valence-corrected chi connectivity index (χ2v) is 4.94. The number of nitrogens with zero attached hydrogens (tertiary/aromatic N) is 1. The first-order chi connectivity index (χ1) is 7.50. The van der Waals surface area contributed by atoms with Gasteiger partial charge in [-0.25, -0.2) is 0 Å². The van der Waals surface area contributed by atoms with Gasteiger partial charge in [0.05, 0.1) is 6.26 Å². The van der Waals surface area contributed by atoms with E-state index in [0.29, 0.717) is 12.0 Å². The standard InChI is InChI=1S/C13H24N2O/c1-10(2)13(14)5-7-15(4)9-12-6-8-16-11(12)3/h6,8,10,13H,5,7,9,14H2,1-4H3. The van der Waals surface area contributed by atoms with Crippen molar-refractivity contribution in [2.45, 2.75) is 39.8 Å². The molecule has 0 bridgehead atoms. The predicted molar refractivity (Wildman–Crippen MR) is 67.2 cm³/mol. The van der Waals surface area contributed by atoms with E-state index in [0.717, 1.165) is 25.3 Å². The summed E-state index contributed by atoms with van der Waals surface area (Å²) in [6.07, 6.45) is 2.80. The van der Waals surface area contributed by atoms with Gasteiger partial charge in [-0.2, -0.15) is 0 Å². The maximum absolute atomic E-state index is 6.02. The Morgan fingerprint density at radius 2 is 2.12 bits per heavy atom. The predicted octanol–water partition coefficient (Wildman–Crippen LogP) is 2.39. The lowest BCUT2D eigenvalue weighted by atomic mass is 10.0. The van der Waals surface area contributed by atoms with Gasteiger partial charge >= 0.3 is 0 Å². The van der Waals surface area contributed by atoms with Crippen molar-refractivity contribution in [3.63, 3.8) is 0 Å². The molecule has 16 heavy (non-hydrogen) atoms. The Hall–Kier alpha value is -0.800. The lowest BCUT2D eigenvalue weighted by Crippen LogP contribution is -2.31. The van der Waals surface area contributed by atoms with E-state index in [4.69, 9.17) is 10.2 Å². The van der Waals surface area contributed by atoms with Crippen molar-refractivity contribution in [2.24, 2.45) is 11.7 Å². The Labute approximate surface area is 98.6 Å².